The molecular weight excluding hydrogens is 380 g/mol. The Morgan fingerprint density at radius 1 is 0.935 bits per heavy atom. The number of nitrogens with zero attached hydrogens (tertiary/aromatic N) is 1. The molecule has 1 aliphatic heterocycles. The lowest BCUT2D eigenvalue weighted by molar-refractivity contribution is 0.0945. The molecule has 1 saturated heterocycles. The molecule has 1 spiro atoms. The van der Waals surface area contributed by atoms with Gasteiger partial charge in [-0.1, -0.05) is 60.7 Å². The Kier molecular flexibility index (Phi) is 5.05. The van der Waals surface area contributed by atoms with Gasteiger partial charge in [0.05, 0.1) is 0 Å². The highest BCUT2D eigenvalue weighted by Crippen LogP contribution is 2.54. The SMILES string of the molecule is C=C(C)c1ccc(C(=O)NC2CC23CCCN(c2ccccc2)CC3)c2ccccc12. The topological polar surface area (TPSA) is 32.3 Å². The molecule has 1 amide bonds. The smallest absolute Gasteiger partial charge is 0.252 e. The van der Waals surface area contributed by atoms with E-state index >= 15 is 0 Å². The van der Waals surface area contributed by atoms with Gasteiger partial charge in [-0.15, -0.1) is 0 Å². The van der Waals surface area contributed by atoms with Gasteiger partial charge in [-0.3, -0.25) is 4.79 Å². The molecule has 3 heteroatoms. The maximum Gasteiger partial charge on any atom is 0.252 e. The van der Waals surface area contributed by atoms with Crippen LogP contribution in [-0.4, -0.2) is 25.0 Å². The molecule has 0 radical (unpaired) electrons. The largest absolute Gasteiger partial charge is 0.372 e. The van der Waals surface area contributed by atoms with E-state index in [-0.39, 0.29) is 17.4 Å². The second-order valence-corrected chi connectivity index (χ2v) is 9.26. The number of allylic oxidation sites excluding steroid dienone is 1. The van der Waals surface area contributed by atoms with Crippen LogP contribution in [0.2, 0.25) is 0 Å². The fourth-order valence-corrected chi connectivity index (χ4v) is 5.32. The summed E-state index contributed by atoms with van der Waals surface area (Å²) in [5, 5.41) is 5.48. The summed E-state index contributed by atoms with van der Waals surface area (Å²) in [6.07, 6.45) is 4.61. The lowest BCUT2D eigenvalue weighted by atomic mass is 9.95. The second-order valence-electron chi connectivity index (χ2n) is 9.26. The van der Waals surface area contributed by atoms with Gasteiger partial charge in [0.2, 0.25) is 0 Å². The Bertz CT molecular complexity index is 1140. The van der Waals surface area contributed by atoms with Gasteiger partial charge >= 0.3 is 0 Å². The second kappa shape index (κ2) is 7.88. The summed E-state index contributed by atoms with van der Waals surface area (Å²) in [4.78, 5) is 15.7. The first-order chi connectivity index (χ1) is 15.1. The third-order valence-corrected chi connectivity index (χ3v) is 7.23. The van der Waals surface area contributed by atoms with Crippen LogP contribution in [-0.2, 0) is 0 Å². The summed E-state index contributed by atoms with van der Waals surface area (Å²) in [6, 6.07) is 23.1. The number of rotatable bonds is 4. The minimum atomic E-state index is 0.0514. The van der Waals surface area contributed by atoms with Crippen LogP contribution < -0.4 is 10.2 Å². The van der Waals surface area contributed by atoms with Gasteiger partial charge in [-0.25, -0.2) is 0 Å². The van der Waals surface area contributed by atoms with Gasteiger partial charge in [0.15, 0.2) is 0 Å². The number of nitrogens with one attached hydrogen (secondary N) is 1. The summed E-state index contributed by atoms with van der Waals surface area (Å²) in [5.41, 5.74) is 4.48. The Balaban J connectivity index is 1.31. The summed E-state index contributed by atoms with van der Waals surface area (Å²) in [5.74, 6) is 0.0514. The highest BCUT2D eigenvalue weighted by molar-refractivity contribution is 6.09. The molecule has 2 atom stereocenters. The van der Waals surface area contributed by atoms with E-state index in [1.54, 1.807) is 0 Å². The third-order valence-electron chi connectivity index (χ3n) is 7.23. The molecule has 3 aromatic rings. The molecular formula is C28H30N2O. The van der Waals surface area contributed by atoms with Crippen LogP contribution in [0.25, 0.3) is 16.3 Å². The summed E-state index contributed by atoms with van der Waals surface area (Å²) >= 11 is 0. The van der Waals surface area contributed by atoms with Crippen LogP contribution >= 0.6 is 0 Å². The Labute approximate surface area is 184 Å². The average Bonchev–Trinajstić information content (AvgIpc) is 3.52. The van der Waals surface area contributed by atoms with Gasteiger partial charge in [-0.05, 0) is 72.6 Å². The van der Waals surface area contributed by atoms with Gasteiger partial charge in [0.1, 0.15) is 0 Å². The summed E-state index contributed by atoms with van der Waals surface area (Å²) < 4.78 is 0. The molecule has 1 heterocycles. The third kappa shape index (κ3) is 3.74. The van der Waals surface area contributed by atoms with Crippen molar-refractivity contribution < 1.29 is 4.79 Å². The van der Waals surface area contributed by atoms with Crippen molar-refractivity contribution in [3.05, 3.63) is 84.4 Å². The van der Waals surface area contributed by atoms with Crippen molar-refractivity contribution >= 4 is 27.9 Å². The van der Waals surface area contributed by atoms with Crippen LogP contribution in [0.5, 0.6) is 0 Å². The fraction of sp³-hybridized carbons (Fsp3) is 0.321. The molecule has 0 aromatic heterocycles. The van der Waals surface area contributed by atoms with Crippen LogP contribution in [0.15, 0.2) is 73.3 Å². The monoisotopic (exact) mass is 410 g/mol. The van der Waals surface area contributed by atoms with E-state index < -0.39 is 0 Å². The van der Waals surface area contributed by atoms with E-state index in [1.165, 1.54) is 18.5 Å². The first-order valence-electron chi connectivity index (χ1n) is 11.4. The standard InChI is InChI=1S/C28H30N2O/c1-20(2)22-13-14-25(24-12-7-6-11-23(22)24)27(31)29-26-19-28(26)15-8-17-30(18-16-28)21-9-4-3-5-10-21/h3-7,9-14,26H,1,8,15-19H2,2H3,(H,29,31). The number of anilines is 1. The molecule has 5 rings (SSSR count). The summed E-state index contributed by atoms with van der Waals surface area (Å²) in [6.45, 7) is 8.27. The summed E-state index contributed by atoms with van der Waals surface area (Å²) in [7, 11) is 0. The number of fused-ring (bicyclic) bond motifs is 1. The maximum atomic E-state index is 13.2. The van der Waals surface area contributed by atoms with E-state index in [4.69, 9.17) is 0 Å². The van der Waals surface area contributed by atoms with Crippen molar-refractivity contribution in [3.63, 3.8) is 0 Å². The molecule has 1 N–H and O–H groups in total. The van der Waals surface area contributed by atoms with Crippen molar-refractivity contribution in [2.24, 2.45) is 5.41 Å². The highest BCUT2D eigenvalue weighted by Gasteiger charge is 2.54. The van der Waals surface area contributed by atoms with Crippen molar-refractivity contribution in [2.45, 2.75) is 38.6 Å². The Morgan fingerprint density at radius 2 is 1.61 bits per heavy atom. The zero-order valence-electron chi connectivity index (χ0n) is 18.2. The van der Waals surface area contributed by atoms with Crippen LogP contribution in [0, 0.1) is 5.41 Å². The van der Waals surface area contributed by atoms with E-state index in [0.717, 1.165) is 53.4 Å². The molecule has 2 aliphatic rings. The molecule has 2 unspecified atom stereocenters. The highest BCUT2D eigenvalue weighted by atomic mass is 16.1. The molecule has 1 aliphatic carbocycles. The zero-order chi connectivity index (χ0) is 21.4. The van der Waals surface area contributed by atoms with Gasteiger partial charge in [0, 0.05) is 30.4 Å². The number of hydrogen-bond donors (Lipinski definition) is 1. The lowest BCUT2D eigenvalue weighted by Crippen LogP contribution is -2.30. The van der Waals surface area contributed by atoms with Gasteiger partial charge in [0.25, 0.3) is 5.91 Å². The van der Waals surface area contributed by atoms with Crippen LogP contribution in [0.4, 0.5) is 5.69 Å². The predicted octanol–water partition coefficient (Wildman–Crippen LogP) is 6.05. The molecule has 3 nitrogen and oxygen atoms in total. The molecule has 31 heavy (non-hydrogen) atoms. The predicted molar refractivity (Wildman–Crippen MR) is 129 cm³/mol. The van der Waals surface area contributed by atoms with Crippen molar-refractivity contribution in [3.8, 4) is 0 Å². The van der Waals surface area contributed by atoms with E-state index in [2.05, 4.69) is 53.2 Å². The van der Waals surface area contributed by atoms with Crippen LogP contribution in [0.3, 0.4) is 0 Å². The van der Waals surface area contributed by atoms with Crippen molar-refractivity contribution in [1.29, 1.82) is 0 Å². The number of carbonyl (C=O) groups is 1. The minimum absolute atomic E-state index is 0.0514. The van der Waals surface area contributed by atoms with Gasteiger partial charge < -0.3 is 10.2 Å². The molecule has 158 valence electrons. The molecule has 2 fully saturated rings. The lowest BCUT2D eigenvalue weighted by Gasteiger charge is -2.23. The number of hydrogen-bond acceptors (Lipinski definition) is 2. The van der Waals surface area contributed by atoms with Crippen LogP contribution in [0.1, 0.15) is 48.5 Å². The molecule has 3 aromatic carbocycles. The van der Waals surface area contributed by atoms with E-state index in [0.29, 0.717) is 0 Å². The average molecular weight is 411 g/mol. The zero-order valence-corrected chi connectivity index (χ0v) is 18.2. The fourth-order valence-electron chi connectivity index (χ4n) is 5.32. The van der Waals surface area contributed by atoms with Crippen molar-refractivity contribution in [2.75, 3.05) is 18.0 Å². The van der Waals surface area contributed by atoms with E-state index in [9.17, 15) is 4.79 Å². The number of para-hydroxylation sites is 1. The minimum Gasteiger partial charge on any atom is -0.372 e. The number of benzene rings is 3. The van der Waals surface area contributed by atoms with Gasteiger partial charge in [-0.2, -0.15) is 0 Å². The normalized spacial score (nSPS) is 22.9. The number of carbonyl (C=O) groups excluding carboxylic acids is 1. The first kappa shape index (κ1) is 19.9. The Hall–Kier alpha value is -3.07. The number of amides is 1. The maximum absolute atomic E-state index is 13.2. The molecule has 1 saturated carbocycles. The first-order valence-corrected chi connectivity index (χ1v) is 11.4. The quantitative estimate of drug-likeness (QED) is 0.568. The Morgan fingerprint density at radius 3 is 2.35 bits per heavy atom. The van der Waals surface area contributed by atoms with E-state index in [1.807, 2.05) is 37.3 Å². The van der Waals surface area contributed by atoms with Crippen molar-refractivity contribution in [1.82, 2.24) is 5.32 Å². The molecule has 0 bridgehead atoms.